The first-order valence-corrected chi connectivity index (χ1v) is 5.64. The topological polar surface area (TPSA) is 56.5 Å². The summed E-state index contributed by atoms with van der Waals surface area (Å²) in [5.74, 6) is 1.15. The van der Waals surface area contributed by atoms with Crippen molar-refractivity contribution in [1.29, 1.82) is 0 Å². The van der Waals surface area contributed by atoms with Crippen molar-refractivity contribution in [1.82, 2.24) is 25.0 Å². The number of nitrogens with zero attached hydrogens (tertiary/aromatic N) is 5. The van der Waals surface area contributed by atoms with Crippen LogP contribution in [0.15, 0.2) is 25.2 Å². The number of aromatic nitrogens is 5. The van der Waals surface area contributed by atoms with Gasteiger partial charge in [0.1, 0.15) is 0 Å². The molecule has 2 aromatic heterocycles. The Morgan fingerprint density at radius 3 is 2.65 bits per heavy atom. The number of allylic oxidation sites excluding steroid dienone is 1. The van der Waals surface area contributed by atoms with Gasteiger partial charge in [0.05, 0.1) is 11.9 Å². The van der Waals surface area contributed by atoms with Gasteiger partial charge in [-0.05, 0) is 25.3 Å². The number of hydrogen-bond acceptors (Lipinski definition) is 4. The fraction of sp³-hybridized carbons (Fsp3) is 0.333. The summed E-state index contributed by atoms with van der Waals surface area (Å²) >= 11 is 0. The molecule has 0 amide bonds. The van der Waals surface area contributed by atoms with E-state index in [2.05, 4.69) is 26.9 Å². The summed E-state index contributed by atoms with van der Waals surface area (Å²) in [4.78, 5) is 8.50. The maximum atomic E-state index is 4.25. The monoisotopic (exact) mass is 227 g/mol. The van der Waals surface area contributed by atoms with Crippen LogP contribution in [0.3, 0.4) is 0 Å². The smallest absolute Gasteiger partial charge is 0.219 e. The Bertz CT molecular complexity index is 551. The third kappa shape index (κ3) is 1.95. The van der Waals surface area contributed by atoms with Gasteiger partial charge >= 0.3 is 0 Å². The molecular formula is C12H13N5. The lowest BCUT2D eigenvalue weighted by Crippen LogP contribution is -2.01. The largest absolute Gasteiger partial charge is 0.251 e. The minimum atomic E-state index is 0.550. The van der Waals surface area contributed by atoms with Crippen LogP contribution in [-0.4, -0.2) is 25.0 Å². The summed E-state index contributed by atoms with van der Waals surface area (Å²) in [6.07, 6.45) is 7.85. The summed E-state index contributed by atoms with van der Waals surface area (Å²) in [6.45, 7) is 5.78. The zero-order chi connectivity index (χ0) is 11.8. The molecule has 0 radical (unpaired) electrons. The van der Waals surface area contributed by atoms with Gasteiger partial charge in [0.15, 0.2) is 0 Å². The molecule has 0 bridgehead atoms. The SMILES string of the molecule is C=C(C)c1cnc(-n2cc(C3CC3)nn2)nc1. The summed E-state index contributed by atoms with van der Waals surface area (Å²) in [7, 11) is 0. The van der Waals surface area contributed by atoms with Crippen molar-refractivity contribution in [2.45, 2.75) is 25.7 Å². The Morgan fingerprint density at radius 1 is 1.35 bits per heavy atom. The van der Waals surface area contributed by atoms with Gasteiger partial charge in [-0.3, -0.25) is 0 Å². The molecule has 0 saturated heterocycles. The molecule has 0 aromatic carbocycles. The third-order valence-corrected chi connectivity index (χ3v) is 2.84. The molecule has 2 heterocycles. The van der Waals surface area contributed by atoms with Crippen LogP contribution in [0.2, 0.25) is 0 Å². The van der Waals surface area contributed by atoms with Crippen molar-refractivity contribution >= 4 is 5.57 Å². The van der Waals surface area contributed by atoms with E-state index in [1.54, 1.807) is 17.1 Å². The molecule has 0 spiro atoms. The van der Waals surface area contributed by atoms with Gasteiger partial charge < -0.3 is 0 Å². The highest BCUT2D eigenvalue weighted by molar-refractivity contribution is 5.59. The van der Waals surface area contributed by atoms with E-state index in [9.17, 15) is 0 Å². The lowest BCUT2D eigenvalue weighted by Gasteiger charge is -2.00. The van der Waals surface area contributed by atoms with Crippen LogP contribution in [-0.2, 0) is 0 Å². The second kappa shape index (κ2) is 3.76. The lowest BCUT2D eigenvalue weighted by molar-refractivity contribution is 0.751. The molecule has 86 valence electrons. The average Bonchev–Trinajstić information content (AvgIpc) is 3.07. The molecule has 1 fully saturated rings. The van der Waals surface area contributed by atoms with Crippen LogP contribution >= 0.6 is 0 Å². The number of hydrogen-bond donors (Lipinski definition) is 0. The van der Waals surface area contributed by atoms with Crippen molar-refractivity contribution in [3.05, 3.63) is 36.4 Å². The molecule has 2 aromatic rings. The van der Waals surface area contributed by atoms with Gasteiger partial charge in [0, 0.05) is 23.9 Å². The Labute approximate surface area is 99.2 Å². The Kier molecular flexibility index (Phi) is 2.24. The molecule has 0 aliphatic heterocycles. The second-order valence-corrected chi connectivity index (χ2v) is 4.41. The van der Waals surface area contributed by atoms with E-state index in [0.29, 0.717) is 11.9 Å². The standard InChI is InChI=1S/C12H13N5/c1-8(2)10-5-13-12(14-6-10)17-7-11(15-16-17)9-3-4-9/h5-7,9H,1,3-4H2,2H3. The molecule has 17 heavy (non-hydrogen) atoms. The van der Waals surface area contributed by atoms with Crippen molar-refractivity contribution in [2.24, 2.45) is 0 Å². The van der Waals surface area contributed by atoms with Gasteiger partial charge in [-0.15, -0.1) is 5.10 Å². The maximum absolute atomic E-state index is 4.25. The van der Waals surface area contributed by atoms with E-state index < -0.39 is 0 Å². The molecule has 1 aliphatic carbocycles. The van der Waals surface area contributed by atoms with E-state index in [4.69, 9.17) is 0 Å². The van der Waals surface area contributed by atoms with Crippen LogP contribution in [0, 0.1) is 0 Å². The third-order valence-electron chi connectivity index (χ3n) is 2.84. The van der Waals surface area contributed by atoms with Crippen LogP contribution in [0.4, 0.5) is 0 Å². The Hall–Kier alpha value is -2.04. The van der Waals surface area contributed by atoms with Gasteiger partial charge in [-0.1, -0.05) is 11.8 Å². The zero-order valence-corrected chi connectivity index (χ0v) is 9.67. The van der Waals surface area contributed by atoms with Crippen LogP contribution in [0.1, 0.15) is 36.9 Å². The van der Waals surface area contributed by atoms with Gasteiger partial charge in [0.25, 0.3) is 5.95 Å². The van der Waals surface area contributed by atoms with Gasteiger partial charge in [-0.25, -0.2) is 9.97 Å². The van der Waals surface area contributed by atoms with Crippen LogP contribution < -0.4 is 0 Å². The molecule has 1 saturated carbocycles. The first-order chi connectivity index (χ1) is 8.24. The zero-order valence-electron chi connectivity index (χ0n) is 9.67. The first-order valence-electron chi connectivity index (χ1n) is 5.64. The van der Waals surface area contributed by atoms with E-state index in [-0.39, 0.29) is 0 Å². The summed E-state index contributed by atoms with van der Waals surface area (Å²) < 4.78 is 1.62. The summed E-state index contributed by atoms with van der Waals surface area (Å²) in [5.41, 5.74) is 2.93. The first kappa shape index (κ1) is 10.1. The molecule has 0 N–H and O–H groups in total. The highest BCUT2D eigenvalue weighted by Crippen LogP contribution is 2.38. The van der Waals surface area contributed by atoms with Crippen molar-refractivity contribution in [3.63, 3.8) is 0 Å². The van der Waals surface area contributed by atoms with Crippen molar-refractivity contribution in [3.8, 4) is 5.95 Å². The highest BCUT2D eigenvalue weighted by atomic mass is 15.5. The quantitative estimate of drug-likeness (QED) is 0.804. The van der Waals surface area contributed by atoms with E-state index >= 15 is 0 Å². The molecule has 0 atom stereocenters. The predicted molar refractivity (Wildman–Crippen MR) is 63.6 cm³/mol. The van der Waals surface area contributed by atoms with Gasteiger partial charge in [0.2, 0.25) is 0 Å². The lowest BCUT2D eigenvalue weighted by atomic mass is 10.2. The molecular weight excluding hydrogens is 214 g/mol. The minimum Gasteiger partial charge on any atom is -0.219 e. The molecule has 5 heteroatoms. The van der Waals surface area contributed by atoms with Crippen molar-refractivity contribution < 1.29 is 0 Å². The normalized spacial score (nSPS) is 14.9. The second-order valence-electron chi connectivity index (χ2n) is 4.41. The Balaban J connectivity index is 1.89. The minimum absolute atomic E-state index is 0.550. The predicted octanol–water partition coefficient (Wildman–Crippen LogP) is 1.97. The van der Waals surface area contributed by atoms with Gasteiger partial charge in [-0.2, -0.15) is 4.68 Å². The fourth-order valence-corrected chi connectivity index (χ4v) is 1.60. The molecule has 0 unspecified atom stereocenters. The average molecular weight is 227 g/mol. The Morgan fingerprint density at radius 2 is 2.06 bits per heavy atom. The molecule has 5 nitrogen and oxygen atoms in total. The van der Waals surface area contributed by atoms with E-state index in [1.165, 1.54) is 12.8 Å². The van der Waals surface area contributed by atoms with Crippen LogP contribution in [0.5, 0.6) is 0 Å². The summed E-state index contributed by atoms with van der Waals surface area (Å²) in [6, 6.07) is 0. The highest BCUT2D eigenvalue weighted by Gasteiger charge is 2.26. The van der Waals surface area contributed by atoms with E-state index in [0.717, 1.165) is 16.8 Å². The van der Waals surface area contributed by atoms with Crippen molar-refractivity contribution in [2.75, 3.05) is 0 Å². The van der Waals surface area contributed by atoms with E-state index in [1.807, 2.05) is 13.1 Å². The fourth-order valence-electron chi connectivity index (χ4n) is 1.60. The van der Waals surface area contributed by atoms with Crippen LogP contribution in [0.25, 0.3) is 11.5 Å². The number of rotatable bonds is 3. The summed E-state index contributed by atoms with van der Waals surface area (Å²) in [5, 5.41) is 8.17. The maximum Gasteiger partial charge on any atom is 0.251 e. The molecule has 3 rings (SSSR count). The molecule has 1 aliphatic rings.